The maximum atomic E-state index is 12.4. The van der Waals surface area contributed by atoms with Gasteiger partial charge in [-0.2, -0.15) is 5.10 Å². The van der Waals surface area contributed by atoms with Gasteiger partial charge in [-0.05, 0) is 6.92 Å². The van der Waals surface area contributed by atoms with E-state index >= 15 is 0 Å². The zero-order chi connectivity index (χ0) is 16.1. The molecule has 1 saturated heterocycles. The van der Waals surface area contributed by atoms with Gasteiger partial charge >= 0.3 is 0 Å². The van der Waals surface area contributed by atoms with E-state index in [1.54, 1.807) is 15.8 Å². The summed E-state index contributed by atoms with van der Waals surface area (Å²) in [5, 5.41) is 7.75. The fourth-order valence-corrected chi connectivity index (χ4v) is 2.32. The van der Waals surface area contributed by atoms with E-state index in [9.17, 15) is 4.79 Å². The molecule has 1 aromatic rings. The summed E-state index contributed by atoms with van der Waals surface area (Å²) >= 11 is 5.76. The molecule has 0 aromatic carbocycles. The van der Waals surface area contributed by atoms with Gasteiger partial charge in [-0.25, -0.2) is 4.99 Å². The standard InChI is InChI=1S/C14H21ClN6O.HI/c1-4-16-14(17-7-11(2)15)20-5-6-21(13(22)10-20)12-8-18-19(3)9-12;/h8-9H,2,4-7,10H2,1,3H3,(H,16,17);1H. The van der Waals surface area contributed by atoms with Gasteiger partial charge in [-0.3, -0.25) is 9.48 Å². The van der Waals surface area contributed by atoms with Crippen LogP contribution >= 0.6 is 35.6 Å². The second kappa shape index (κ2) is 9.11. The van der Waals surface area contributed by atoms with Crippen molar-refractivity contribution >= 4 is 53.1 Å². The Kier molecular flexibility index (Phi) is 7.83. The Balaban J connectivity index is 0.00000264. The second-order valence-corrected chi connectivity index (χ2v) is 5.56. The first-order valence-electron chi connectivity index (χ1n) is 7.16. The van der Waals surface area contributed by atoms with Gasteiger partial charge in [-0.1, -0.05) is 18.2 Å². The Morgan fingerprint density at radius 2 is 2.26 bits per heavy atom. The van der Waals surface area contributed by atoms with E-state index in [4.69, 9.17) is 11.6 Å². The van der Waals surface area contributed by atoms with Crippen LogP contribution in [-0.4, -0.2) is 59.3 Å². The highest BCUT2D eigenvalue weighted by Crippen LogP contribution is 2.16. The molecule has 0 atom stereocenters. The molecule has 1 aromatic heterocycles. The zero-order valence-electron chi connectivity index (χ0n) is 13.3. The normalized spacial score (nSPS) is 15.4. The monoisotopic (exact) mass is 452 g/mol. The predicted molar refractivity (Wildman–Crippen MR) is 104 cm³/mol. The first-order valence-corrected chi connectivity index (χ1v) is 7.54. The summed E-state index contributed by atoms with van der Waals surface area (Å²) in [6, 6.07) is 0. The van der Waals surface area contributed by atoms with Gasteiger partial charge in [0.2, 0.25) is 5.91 Å². The zero-order valence-corrected chi connectivity index (χ0v) is 16.4. The lowest BCUT2D eigenvalue weighted by atomic mass is 10.3. The maximum Gasteiger partial charge on any atom is 0.246 e. The molecule has 0 radical (unpaired) electrons. The van der Waals surface area contributed by atoms with Gasteiger partial charge in [0.05, 0.1) is 18.4 Å². The largest absolute Gasteiger partial charge is 0.356 e. The quantitative estimate of drug-likeness (QED) is 0.426. The third-order valence-corrected chi connectivity index (χ3v) is 3.38. The predicted octanol–water partition coefficient (Wildman–Crippen LogP) is 1.40. The van der Waals surface area contributed by atoms with Crippen molar-refractivity contribution in [3.63, 3.8) is 0 Å². The number of halogens is 2. The molecule has 1 aliphatic rings. The molecule has 128 valence electrons. The smallest absolute Gasteiger partial charge is 0.246 e. The molecule has 2 heterocycles. The van der Waals surface area contributed by atoms with Gasteiger partial charge in [0, 0.05) is 37.9 Å². The van der Waals surface area contributed by atoms with Crippen molar-refractivity contribution in [2.24, 2.45) is 12.0 Å². The summed E-state index contributed by atoms with van der Waals surface area (Å²) in [5.74, 6) is 0.707. The molecule has 0 aliphatic carbocycles. The van der Waals surface area contributed by atoms with E-state index in [0.717, 1.165) is 12.2 Å². The fraction of sp³-hybridized carbons (Fsp3) is 0.500. The molecular formula is C14H22ClIN6O. The molecule has 23 heavy (non-hydrogen) atoms. The highest BCUT2D eigenvalue weighted by molar-refractivity contribution is 14.0. The lowest BCUT2D eigenvalue weighted by Crippen LogP contribution is -2.55. The number of aromatic nitrogens is 2. The summed E-state index contributed by atoms with van der Waals surface area (Å²) in [7, 11) is 1.83. The number of nitrogens with zero attached hydrogens (tertiary/aromatic N) is 5. The maximum absolute atomic E-state index is 12.4. The molecule has 1 amide bonds. The highest BCUT2D eigenvalue weighted by atomic mass is 127. The van der Waals surface area contributed by atoms with Crippen molar-refractivity contribution in [1.82, 2.24) is 20.0 Å². The lowest BCUT2D eigenvalue weighted by molar-refractivity contribution is -0.120. The van der Waals surface area contributed by atoms with Gasteiger partial charge in [0.15, 0.2) is 5.96 Å². The number of hydrogen-bond donors (Lipinski definition) is 1. The Bertz CT molecular complexity index is 588. The minimum atomic E-state index is 0. The van der Waals surface area contributed by atoms with Crippen LogP contribution in [0, 0.1) is 0 Å². The summed E-state index contributed by atoms with van der Waals surface area (Å²) in [6.07, 6.45) is 3.54. The second-order valence-electron chi connectivity index (χ2n) is 5.03. The average Bonchev–Trinajstić information content (AvgIpc) is 2.89. The first-order chi connectivity index (χ1) is 10.5. The van der Waals surface area contributed by atoms with Gasteiger partial charge in [-0.15, -0.1) is 24.0 Å². The summed E-state index contributed by atoms with van der Waals surface area (Å²) in [4.78, 5) is 20.4. The third kappa shape index (κ3) is 5.38. The Morgan fingerprint density at radius 1 is 1.52 bits per heavy atom. The fourth-order valence-electron chi connectivity index (χ4n) is 2.26. The summed E-state index contributed by atoms with van der Waals surface area (Å²) in [5.41, 5.74) is 0.822. The molecule has 2 rings (SSSR count). The van der Waals surface area contributed by atoms with E-state index in [-0.39, 0.29) is 36.4 Å². The van der Waals surface area contributed by atoms with Crippen LogP contribution in [0.15, 0.2) is 29.0 Å². The van der Waals surface area contributed by atoms with Crippen LogP contribution in [0.1, 0.15) is 6.92 Å². The van der Waals surface area contributed by atoms with Crippen molar-refractivity contribution in [2.75, 3.05) is 37.6 Å². The number of aryl methyl sites for hydroxylation is 1. The lowest BCUT2D eigenvalue weighted by Gasteiger charge is -2.35. The number of nitrogens with one attached hydrogen (secondary N) is 1. The van der Waals surface area contributed by atoms with Gasteiger partial charge in [0.25, 0.3) is 0 Å². The number of anilines is 1. The number of aliphatic imine (C=N–C) groups is 1. The number of rotatable bonds is 4. The van der Waals surface area contributed by atoms with Gasteiger partial charge in [0.1, 0.15) is 6.54 Å². The minimum Gasteiger partial charge on any atom is -0.356 e. The van der Waals surface area contributed by atoms with E-state index in [1.807, 2.05) is 25.1 Å². The Morgan fingerprint density at radius 3 is 2.78 bits per heavy atom. The third-order valence-electron chi connectivity index (χ3n) is 3.26. The molecule has 1 aliphatic heterocycles. The van der Waals surface area contributed by atoms with Crippen molar-refractivity contribution < 1.29 is 4.79 Å². The van der Waals surface area contributed by atoms with Crippen LogP contribution in [-0.2, 0) is 11.8 Å². The molecule has 0 bridgehead atoms. The average molecular weight is 453 g/mol. The van der Waals surface area contributed by atoms with Crippen molar-refractivity contribution in [3.8, 4) is 0 Å². The number of carbonyl (C=O) groups is 1. The highest BCUT2D eigenvalue weighted by Gasteiger charge is 2.27. The van der Waals surface area contributed by atoms with Crippen molar-refractivity contribution in [3.05, 3.63) is 24.0 Å². The van der Waals surface area contributed by atoms with Crippen molar-refractivity contribution in [1.29, 1.82) is 0 Å². The molecule has 9 heteroatoms. The van der Waals surface area contributed by atoms with Crippen LogP contribution in [0.3, 0.4) is 0 Å². The summed E-state index contributed by atoms with van der Waals surface area (Å²) in [6.45, 7) is 8.24. The molecule has 7 nitrogen and oxygen atoms in total. The van der Waals surface area contributed by atoms with Crippen LogP contribution < -0.4 is 10.2 Å². The SMILES string of the molecule is C=C(Cl)CN=C(NCC)N1CCN(c2cnn(C)c2)C(=O)C1.I. The number of carbonyl (C=O) groups excluding carboxylic acids is 1. The Hall–Kier alpha value is -1.29. The minimum absolute atomic E-state index is 0. The number of guanidine groups is 1. The van der Waals surface area contributed by atoms with E-state index < -0.39 is 0 Å². The molecule has 0 saturated carbocycles. The van der Waals surface area contributed by atoms with Crippen LogP contribution in [0.2, 0.25) is 0 Å². The molecule has 1 fully saturated rings. The van der Waals surface area contributed by atoms with Crippen molar-refractivity contribution in [2.45, 2.75) is 6.92 Å². The molecular weight excluding hydrogens is 431 g/mol. The number of amides is 1. The topological polar surface area (TPSA) is 65.8 Å². The molecule has 0 spiro atoms. The van der Waals surface area contributed by atoms with Crippen LogP contribution in [0.5, 0.6) is 0 Å². The molecule has 1 N–H and O–H groups in total. The van der Waals surface area contributed by atoms with Crippen LogP contribution in [0.4, 0.5) is 5.69 Å². The number of hydrogen-bond acceptors (Lipinski definition) is 3. The van der Waals surface area contributed by atoms with Gasteiger partial charge < -0.3 is 15.1 Å². The van der Waals surface area contributed by atoms with E-state index in [0.29, 0.717) is 30.6 Å². The number of piperazine rings is 1. The summed E-state index contributed by atoms with van der Waals surface area (Å²) < 4.78 is 1.69. The first kappa shape index (κ1) is 19.8. The Labute approximate surface area is 158 Å². The molecule has 0 unspecified atom stereocenters. The van der Waals surface area contributed by atoms with Crippen LogP contribution in [0.25, 0.3) is 0 Å². The van der Waals surface area contributed by atoms with E-state index in [1.165, 1.54) is 0 Å². The van der Waals surface area contributed by atoms with E-state index in [2.05, 4.69) is 22.0 Å².